The quantitative estimate of drug-likeness (QED) is 0.782. The van der Waals surface area contributed by atoms with E-state index in [2.05, 4.69) is 4.98 Å². The Bertz CT molecular complexity index is 723. The molecule has 1 amide bonds. The van der Waals surface area contributed by atoms with Gasteiger partial charge in [-0.3, -0.25) is 4.79 Å². The molecule has 0 saturated heterocycles. The second-order valence-corrected chi connectivity index (χ2v) is 7.54. The average molecular weight is 391 g/mol. The van der Waals surface area contributed by atoms with Gasteiger partial charge in [0.2, 0.25) is 0 Å². The molecule has 0 spiro atoms. The van der Waals surface area contributed by atoms with E-state index < -0.39 is 12.2 Å². The number of aromatic nitrogens is 1. The van der Waals surface area contributed by atoms with Gasteiger partial charge >= 0.3 is 0 Å². The van der Waals surface area contributed by atoms with Crippen molar-refractivity contribution in [1.82, 2.24) is 9.88 Å². The molecule has 2 atom stereocenters. The highest BCUT2D eigenvalue weighted by molar-refractivity contribution is 7.07. The zero-order valence-corrected chi connectivity index (χ0v) is 16.1. The van der Waals surface area contributed by atoms with Crippen molar-refractivity contribution in [3.05, 3.63) is 46.4 Å². The molecule has 27 heavy (non-hydrogen) atoms. The molecule has 1 aliphatic heterocycles. The van der Waals surface area contributed by atoms with Crippen LogP contribution in [0.3, 0.4) is 0 Å². The highest BCUT2D eigenvalue weighted by Gasteiger charge is 2.22. The van der Waals surface area contributed by atoms with E-state index in [1.165, 1.54) is 11.3 Å². The smallest absolute Gasteiger partial charge is 0.273 e. The molecule has 6 nitrogen and oxygen atoms in total. The fourth-order valence-corrected chi connectivity index (χ4v) is 3.73. The van der Waals surface area contributed by atoms with E-state index in [0.717, 1.165) is 37.0 Å². The first-order chi connectivity index (χ1) is 13.1. The Balaban J connectivity index is 1.69. The van der Waals surface area contributed by atoms with E-state index in [1.807, 2.05) is 24.3 Å². The third kappa shape index (κ3) is 5.51. The number of hydrogen-bond acceptors (Lipinski definition) is 6. The van der Waals surface area contributed by atoms with Crippen molar-refractivity contribution < 1.29 is 19.7 Å². The van der Waals surface area contributed by atoms with Crippen molar-refractivity contribution in [2.45, 2.75) is 44.3 Å². The van der Waals surface area contributed by atoms with Crippen molar-refractivity contribution >= 4 is 17.2 Å². The van der Waals surface area contributed by atoms with Gasteiger partial charge in [0, 0.05) is 18.5 Å². The van der Waals surface area contributed by atoms with Crippen LogP contribution in [0.15, 0.2) is 35.2 Å². The number of hydrogen-bond donors (Lipinski definition) is 2. The Morgan fingerprint density at radius 3 is 2.81 bits per heavy atom. The van der Waals surface area contributed by atoms with Gasteiger partial charge < -0.3 is 19.8 Å². The highest BCUT2D eigenvalue weighted by atomic mass is 32.1. The summed E-state index contributed by atoms with van der Waals surface area (Å²) in [5.74, 6) is 0.646. The first-order valence-electron chi connectivity index (χ1n) is 9.39. The second-order valence-electron chi connectivity index (χ2n) is 6.82. The summed E-state index contributed by atoms with van der Waals surface area (Å²) in [6.07, 6.45) is 2.11. The summed E-state index contributed by atoms with van der Waals surface area (Å²) >= 11 is 1.39. The average Bonchev–Trinajstić information content (AvgIpc) is 3.22. The lowest BCUT2D eigenvalue weighted by Crippen LogP contribution is -2.38. The van der Waals surface area contributed by atoms with E-state index in [1.54, 1.807) is 15.8 Å². The Hall–Kier alpha value is -1.96. The maximum atomic E-state index is 12.7. The number of carbonyl (C=O) groups excluding carboxylic acids is 1. The minimum atomic E-state index is -1.00. The number of thiazole rings is 1. The fraction of sp³-hybridized carbons (Fsp3) is 0.500. The standard InChI is InChI=1S/C20H26N2O4S/c23-17-9-11-22(20(25)16-13-27-14-21-16)10-5-1-2-6-15-7-3-4-8-19(15)26-12-18(17)24/h3-4,7-8,13-14,17-18,23-24H,1-2,5-6,9-12H2/t17-,18+/m0/s1. The number of para-hydroxylation sites is 1. The molecule has 0 radical (unpaired) electrons. The number of amides is 1. The maximum absolute atomic E-state index is 12.7. The molecule has 0 aliphatic carbocycles. The van der Waals surface area contributed by atoms with Crippen LogP contribution < -0.4 is 4.74 Å². The van der Waals surface area contributed by atoms with Gasteiger partial charge in [-0.2, -0.15) is 0 Å². The molecule has 2 aromatic rings. The van der Waals surface area contributed by atoms with Crippen LogP contribution >= 0.6 is 11.3 Å². The zero-order chi connectivity index (χ0) is 19.1. The summed E-state index contributed by atoms with van der Waals surface area (Å²) in [4.78, 5) is 18.5. The van der Waals surface area contributed by atoms with Crippen LogP contribution in [0.4, 0.5) is 0 Å². The topological polar surface area (TPSA) is 82.9 Å². The monoisotopic (exact) mass is 390 g/mol. The van der Waals surface area contributed by atoms with Gasteiger partial charge in [0.15, 0.2) is 0 Å². The number of rotatable bonds is 1. The molecular formula is C20H26N2O4S. The summed E-state index contributed by atoms with van der Waals surface area (Å²) in [7, 11) is 0. The Morgan fingerprint density at radius 1 is 1.15 bits per heavy atom. The molecule has 1 aromatic carbocycles. The molecule has 0 unspecified atom stereocenters. The van der Waals surface area contributed by atoms with Crippen LogP contribution in [0.2, 0.25) is 0 Å². The number of benzene rings is 1. The third-order valence-corrected chi connectivity index (χ3v) is 5.42. The number of aryl methyl sites for hydroxylation is 1. The van der Waals surface area contributed by atoms with Gasteiger partial charge in [-0.25, -0.2) is 4.98 Å². The summed E-state index contributed by atoms with van der Waals surface area (Å²) in [6, 6.07) is 7.81. The van der Waals surface area contributed by atoms with E-state index in [4.69, 9.17) is 4.74 Å². The molecule has 1 aromatic heterocycles. The molecule has 2 heterocycles. The molecular weight excluding hydrogens is 364 g/mol. The highest BCUT2D eigenvalue weighted by Crippen LogP contribution is 2.21. The Kier molecular flexibility index (Phi) is 7.20. The minimum absolute atomic E-state index is 0.0260. The first-order valence-corrected chi connectivity index (χ1v) is 10.3. The van der Waals surface area contributed by atoms with Crippen molar-refractivity contribution in [1.29, 1.82) is 0 Å². The third-order valence-electron chi connectivity index (χ3n) is 4.83. The van der Waals surface area contributed by atoms with E-state index in [-0.39, 0.29) is 12.5 Å². The SMILES string of the molecule is O=C(c1cscn1)N1CCCCCc2ccccc2OC[C@@H](O)[C@@H](O)CC1. The van der Waals surface area contributed by atoms with Gasteiger partial charge in [0.05, 0.1) is 11.6 Å². The summed E-state index contributed by atoms with van der Waals surface area (Å²) in [5, 5.41) is 22.3. The Morgan fingerprint density at radius 2 is 2.00 bits per heavy atom. The Labute approximate surface area is 163 Å². The molecule has 0 saturated carbocycles. The fourth-order valence-electron chi connectivity index (χ4n) is 3.21. The predicted octanol–water partition coefficient (Wildman–Crippen LogP) is 2.50. The predicted molar refractivity (Wildman–Crippen MR) is 104 cm³/mol. The normalized spacial score (nSPS) is 22.4. The van der Waals surface area contributed by atoms with Crippen LogP contribution in [-0.2, 0) is 6.42 Å². The summed E-state index contributed by atoms with van der Waals surface area (Å²) in [6.45, 7) is 1.03. The van der Waals surface area contributed by atoms with Crippen molar-refractivity contribution in [3.8, 4) is 5.75 Å². The molecule has 3 rings (SSSR count). The minimum Gasteiger partial charge on any atom is -0.491 e. The lowest BCUT2D eigenvalue weighted by atomic mass is 10.0. The van der Waals surface area contributed by atoms with Crippen LogP contribution in [-0.4, -0.2) is 57.9 Å². The lowest BCUT2D eigenvalue weighted by Gasteiger charge is -2.26. The van der Waals surface area contributed by atoms with Crippen LogP contribution in [0.25, 0.3) is 0 Å². The van der Waals surface area contributed by atoms with Gasteiger partial charge in [-0.15, -0.1) is 11.3 Å². The molecule has 7 heteroatoms. The number of aliphatic hydroxyl groups is 2. The molecule has 1 aliphatic rings. The number of nitrogens with zero attached hydrogens (tertiary/aromatic N) is 2. The van der Waals surface area contributed by atoms with Crippen LogP contribution in [0.1, 0.15) is 41.7 Å². The van der Waals surface area contributed by atoms with Crippen molar-refractivity contribution in [2.75, 3.05) is 19.7 Å². The van der Waals surface area contributed by atoms with Gasteiger partial charge in [-0.05, 0) is 37.3 Å². The molecule has 2 N–H and O–H groups in total. The number of fused-ring (bicyclic) bond motifs is 1. The first kappa shape index (κ1) is 19.8. The van der Waals surface area contributed by atoms with Gasteiger partial charge in [0.1, 0.15) is 24.2 Å². The zero-order valence-electron chi connectivity index (χ0n) is 15.3. The molecule has 0 bridgehead atoms. The van der Waals surface area contributed by atoms with E-state index >= 15 is 0 Å². The molecule has 146 valence electrons. The molecule has 0 fully saturated rings. The van der Waals surface area contributed by atoms with Crippen molar-refractivity contribution in [2.24, 2.45) is 0 Å². The van der Waals surface area contributed by atoms with Crippen molar-refractivity contribution in [3.63, 3.8) is 0 Å². The number of ether oxygens (including phenoxy) is 1. The summed E-state index contributed by atoms with van der Waals surface area (Å²) in [5.41, 5.74) is 3.19. The van der Waals surface area contributed by atoms with Crippen LogP contribution in [0, 0.1) is 0 Å². The lowest BCUT2D eigenvalue weighted by molar-refractivity contribution is -0.0153. The van der Waals surface area contributed by atoms with E-state index in [9.17, 15) is 15.0 Å². The second kappa shape index (κ2) is 9.82. The maximum Gasteiger partial charge on any atom is 0.273 e. The number of carbonyl (C=O) groups is 1. The largest absolute Gasteiger partial charge is 0.491 e. The number of aliphatic hydroxyl groups excluding tert-OH is 2. The summed E-state index contributed by atoms with van der Waals surface area (Å²) < 4.78 is 5.75. The van der Waals surface area contributed by atoms with E-state index in [0.29, 0.717) is 25.2 Å². The van der Waals surface area contributed by atoms with Gasteiger partial charge in [0.25, 0.3) is 5.91 Å². The van der Waals surface area contributed by atoms with Crippen LogP contribution in [0.5, 0.6) is 5.75 Å². The van der Waals surface area contributed by atoms with Gasteiger partial charge in [-0.1, -0.05) is 24.6 Å².